The van der Waals surface area contributed by atoms with Crippen LogP contribution in [0.4, 0.5) is 4.79 Å². The van der Waals surface area contributed by atoms with Crippen molar-refractivity contribution in [2.75, 3.05) is 32.8 Å². The topological polar surface area (TPSA) is 76.0 Å². The largest absolute Gasteiger partial charge is 0.393 e. The summed E-state index contributed by atoms with van der Waals surface area (Å²) in [6.45, 7) is 3.02. The van der Waals surface area contributed by atoms with Gasteiger partial charge < -0.3 is 20.4 Å². The first kappa shape index (κ1) is 18.5. The maximum absolute atomic E-state index is 12.3. The smallest absolute Gasteiger partial charge is 0.317 e. The molecule has 2 aliphatic rings. The van der Waals surface area contributed by atoms with Crippen LogP contribution in [-0.2, 0) is 6.54 Å². The number of benzene rings is 1. The number of hydrogen-bond acceptors (Lipinski definition) is 4. The van der Waals surface area contributed by atoms with E-state index in [1.807, 2.05) is 24.3 Å². The Labute approximate surface area is 153 Å². The summed E-state index contributed by atoms with van der Waals surface area (Å²) < 4.78 is 0. The van der Waals surface area contributed by atoms with Gasteiger partial charge in [-0.3, -0.25) is 4.90 Å². The molecule has 0 aliphatic carbocycles. The van der Waals surface area contributed by atoms with Crippen molar-refractivity contribution in [2.24, 2.45) is 0 Å². The van der Waals surface area contributed by atoms with E-state index in [9.17, 15) is 15.0 Å². The summed E-state index contributed by atoms with van der Waals surface area (Å²) in [6.07, 6.45) is 2.22. The van der Waals surface area contributed by atoms with Crippen LogP contribution in [0.3, 0.4) is 0 Å². The molecule has 0 spiro atoms. The summed E-state index contributed by atoms with van der Waals surface area (Å²) in [5.41, 5.74) is -0.0117. The summed E-state index contributed by atoms with van der Waals surface area (Å²) in [4.78, 5) is 16.3. The van der Waals surface area contributed by atoms with Gasteiger partial charge in [0.2, 0.25) is 0 Å². The van der Waals surface area contributed by atoms with E-state index in [0.29, 0.717) is 13.0 Å². The van der Waals surface area contributed by atoms with Crippen LogP contribution in [0, 0.1) is 0 Å². The molecule has 0 saturated carbocycles. The van der Waals surface area contributed by atoms with Gasteiger partial charge in [0.05, 0.1) is 13.2 Å². The third-order valence-corrected chi connectivity index (χ3v) is 5.55. The van der Waals surface area contributed by atoms with Crippen molar-refractivity contribution < 1.29 is 15.0 Å². The minimum absolute atomic E-state index is 0.145. The average molecular weight is 368 g/mol. The van der Waals surface area contributed by atoms with Crippen LogP contribution in [0.5, 0.6) is 0 Å². The van der Waals surface area contributed by atoms with Crippen molar-refractivity contribution >= 4 is 17.6 Å². The van der Waals surface area contributed by atoms with Gasteiger partial charge in [-0.25, -0.2) is 4.79 Å². The normalized spacial score (nSPS) is 25.3. The average Bonchev–Trinajstić information content (AvgIpc) is 3.02. The van der Waals surface area contributed by atoms with Crippen molar-refractivity contribution in [1.29, 1.82) is 0 Å². The van der Waals surface area contributed by atoms with Crippen molar-refractivity contribution in [3.05, 3.63) is 34.9 Å². The summed E-state index contributed by atoms with van der Waals surface area (Å²) in [7, 11) is 0. The highest BCUT2D eigenvalue weighted by Gasteiger charge is 2.38. The number of hydrogen-bond donors (Lipinski definition) is 3. The lowest BCUT2D eigenvalue weighted by Crippen LogP contribution is -2.49. The Morgan fingerprint density at radius 3 is 2.64 bits per heavy atom. The number of aliphatic hydroxyl groups excluding tert-OH is 1. The van der Waals surface area contributed by atoms with Gasteiger partial charge in [-0.1, -0.05) is 29.8 Å². The maximum atomic E-state index is 12.3. The first-order valence-electron chi connectivity index (χ1n) is 8.83. The Morgan fingerprint density at radius 2 is 2.00 bits per heavy atom. The van der Waals surface area contributed by atoms with Crippen LogP contribution in [0.1, 0.15) is 24.8 Å². The predicted molar refractivity (Wildman–Crippen MR) is 96.5 cm³/mol. The summed E-state index contributed by atoms with van der Waals surface area (Å²) in [5, 5.41) is 23.1. The number of carbonyl (C=O) groups is 1. The van der Waals surface area contributed by atoms with Gasteiger partial charge in [0.1, 0.15) is 5.60 Å². The molecular weight excluding hydrogens is 342 g/mol. The number of piperidine rings is 1. The van der Waals surface area contributed by atoms with Gasteiger partial charge in [0.25, 0.3) is 0 Å². The fourth-order valence-corrected chi connectivity index (χ4v) is 3.72. The lowest BCUT2D eigenvalue weighted by Gasteiger charge is -2.33. The molecule has 3 rings (SSSR count). The minimum Gasteiger partial charge on any atom is -0.393 e. The van der Waals surface area contributed by atoms with Crippen molar-refractivity contribution in [2.45, 2.75) is 37.5 Å². The molecule has 2 amide bonds. The van der Waals surface area contributed by atoms with Crippen LogP contribution in [0.2, 0.25) is 5.02 Å². The number of carbonyl (C=O) groups excluding carboxylic acids is 1. The molecule has 3 N–H and O–H groups in total. The van der Waals surface area contributed by atoms with Crippen LogP contribution < -0.4 is 5.32 Å². The molecule has 25 heavy (non-hydrogen) atoms. The van der Waals surface area contributed by atoms with Gasteiger partial charge in [-0.15, -0.1) is 0 Å². The number of halogens is 1. The molecule has 1 aromatic rings. The van der Waals surface area contributed by atoms with Gasteiger partial charge in [0, 0.05) is 37.2 Å². The Kier molecular flexibility index (Phi) is 5.84. The Bertz CT molecular complexity index is 607. The molecule has 6 nitrogen and oxygen atoms in total. The molecular formula is C18H26ClN3O3. The second-order valence-electron chi connectivity index (χ2n) is 7.15. The standard InChI is InChI=1S/C18H26ClN3O3/c19-16-4-2-1-3-14(16)11-21-8-5-15(6-9-21)20-17(24)22-10-7-18(25,12-22)13-23/h1-4,15,23,25H,5-13H2,(H,20,24). The molecule has 138 valence electrons. The number of urea groups is 1. The SMILES string of the molecule is O=C(NC1CCN(Cc2ccccc2Cl)CC1)N1CCC(O)(CO)C1. The zero-order chi connectivity index (χ0) is 17.9. The summed E-state index contributed by atoms with van der Waals surface area (Å²) in [6, 6.07) is 7.90. The number of likely N-dealkylation sites (tertiary alicyclic amines) is 2. The van der Waals surface area contributed by atoms with E-state index in [1.165, 1.54) is 0 Å². The highest BCUT2D eigenvalue weighted by atomic mass is 35.5. The lowest BCUT2D eigenvalue weighted by atomic mass is 10.0. The Morgan fingerprint density at radius 1 is 1.28 bits per heavy atom. The zero-order valence-corrected chi connectivity index (χ0v) is 15.1. The number of aliphatic hydroxyl groups is 2. The quantitative estimate of drug-likeness (QED) is 0.752. The van der Waals surface area contributed by atoms with E-state index < -0.39 is 5.60 Å². The minimum atomic E-state index is -1.14. The highest BCUT2D eigenvalue weighted by Crippen LogP contribution is 2.22. The second kappa shape index (κ2) is 7.91. The van der Waals surface area contributed by atoms with Crippen molar-refractivity contribution in [3.63, 3.8) is 0 Å². The highest BCUT2D eigenvalue weighted by molar-refractivity contribution is 6.31. The first-order chi connectivity index (χ1) is 12.0. The fraction of sp³-hybridized carbons (Fsp3) is 0.611. The second-order valence-corrected chi connectivity index (χ2v) is 7.55. The maximum Gasteiger partial charge on any atom is 0.317 e. The number of rotatable bonds is 4. The third kappa shape index (κ3) is 4.64. The van der Waals surface area contributed by atoms with E-state index in [0.717, 1.165) is 43.1 Å². The van der Waals surface area contributed by atoms with Gasteiger partial charge >= 0.3 is 6.03 Å². The summed E-state index contributed by atoms with van der Waals surface area (Å²) >= 11 is 6.22. The van der Waals surface area contributed by atoms with E-state index in [2.05, 4.69) is 10.2 Å². The molecule has 1 unspecified atom stereocenters. The zero-order valence-electron chi connectivity index (χ0n) is 14.3. The van der Waals surface area contributed by atoms with Gasteiger partial charge in [0.15, 0.2) is 0 Å². The van der Waals surface area contributed by atoms with Crippen LogP contribution >= 0.6 is 11.6 Å². The molecule has 1 aromatic carbocycles. The van der Waals surface area contributed by atoms with Gasteiger partial charge in [-0.05, 0) is 30.9 Å². The van der Waals surface area contributed by atoms with E-state index >= 15 is 0 Å². The van der Waals surface area contributed by atoms with Gasteiger partial charge in [-0.2, -0.15) is 0 Å². The van der Waals surface area contributed by atoms with Crippen molar-refractivity contribution in [3.8, 4) is 0 Å². The van der Waals surface area contributed by atoms with E-state index in [-0.39, 0.29) is 25.2 Å². The molecule has 0 bridgehead atoms. The van der Waals surface area contributed by atoms with Crippen molar-refractivity contribution in [1.82, 2.24) is 15.1 Å². The van der Waals surface area contributed by atoms with Crippen LogP contribution in [0.25, 0.3) is 0 Å². The Balaban J connectivity index is 1.44. The summed E-state index contributed by atoms with van der Waals surface area (Å²) in [5.74, 6) is 0. The lowest BCUT2D eigenvalue weighted by molar-refractivity contribution is -0.00292. The van der Waals surface area contributed by atoms with Crippen LogP contribution in [0.15, 0.2) is 24.3 Å². The molecule has 7 heteroatoms. The van der Waals surface area contributed by atoms with E-state index in [1.54, 1.807) is 4.90 Å². The number of nitrogens with one attached hydrogen (secondary N) is 1. The molecule has 1 atom stereocenters. The third-order valence-electron chi connectivity index (χ3n) is 5.18. The Hall–Kier alpha value is -1.34. The first-order valence-corrected chi connectivity index (χ1v) is 9.21. The molecule has 0 radical (unpaired) electrons. The molecule has 0 aromatic heterocycles. The number of amides is 2. The number of nitrogens with zero attached hydrogens (tertiary/aromatic N) is 2. The fourth-order valence-electron chi connectivity index (χ4n) is 3.53. The predicted octanol–water partition coefficient (Wildman–Crippen LogP) is 1.44. The monoisotopic (exact) mass is 367 g/mol. The van der Waals surface area contributed by atoms with E-state index in [4.69, 9.17) is 11.6 Å². The number of β-amino-alcohol motifs (C(OH)–C–C–N with tert-alkyl or cyclic N) is 1. The van der Waals surface area contributed by atoms with Crippen LogP contribution in [-0.4, -0.2) is 70.5 Å². The molecule has 2 saturated heterocycles. The molecule has 2 fully saturated rings. The molecule has 2 aliphatic heterocycles. The molecule has 2 heterocycles.